The molecule has 3 nitrogen and oxygen atoms in total. The fourth-order valence-electron chi connectivity index (χ4n) is 1.41. The van der Waals surface area contributed by atoms with Crippen molar-refractivity contribution < 1.29 is 9.53 Å². The van der Waals surface area contributed by atoms with Crippen molar-refractivity contribution in [3.05, 3.63) is 29.3 Å². The molecule has 1 aliphatic heterocycles. The first-order chi connectivity index (χ1) is 6.79. The van der Waals surface area contributed by atoms with Crippen molar-refractivity contribution in [2.24, 2.45) is 0 Å². The SMILES string of the molecule is Cc1ccc(C=O)cc1NC1COC1. The maximum atomic E-state index is 10.6. The topological polar surface area (TPSA) is 38.3 Å². The minimum absolute atomic E-state index is 0.399. The van der Waals surface area contributed by atoms with Crippen LogP contribution in [0.5, 0.6) is 0 Å². The predicted octanol–water partition coefficient (Wildman–Crippen LogP) is 1.62. The van der Waals surface area contributed by atoms with Gasteiger partial charge in [-0.25, -0.2) is 0 Å². The molecule has 2 rings (SSSR count). The van der Waals surface area contributed by atoms with Gasteiger partial charge in [-0.1, -0.05) is 12.1 Å². The molecule has 0 spiro atoms. The molecule has 1 aliphatic rings. The Labute approximate surface area is 83.1 Å². The zero-order valence-electron chi connectivity index (χ0n) is 8.12. The highest BCUT2D eigenvalue weighted by molar-refractivity contribution is 5.77. The van der Waals surface area contributed by atoms with Gasteiger partial charge in [0.05, 0.1) is 19.3 Å². The monoisotopic (exact) mass is 191 g/mol. The van der Waals surface area contributed by atoms with E-state index in [-0.39, 0.29) is 0 Å². The molecule has 0 saturated carbocycles. The van der Waals surface area contributed by atoms with E-state index in [0.29, 0.717) is 11.6 Å². The second-order valence-corrected chi connectivity index (χ2v) is 3.57. The molecule has 1 heterocycles. The van der Waals surface area contributed by atoms with Gasteiger partial charge in [0.25, 0.3) is 0 Å². The summed E-state index contributed by atoms with van der Waals surface area (Å²) in [5.41, 5.74) is 2.89. The van der Waals surface area contributed by atoms with Gasteiger partial charge in [0.1, 0.15) is 6.29 Å². The Balaban J connectivity index is 2.16. The van der Waals surface area contributed by atoms with Gasteiger partial charge in [-0.3, -0.25) is 4.79 Å². The summed E-state index contributed by atoms with van der Waals surface area (Å²) in [4.78, 5) is 10.6. The minimum Gasteiger partial charge on any atom is -0.377 e. The zero-order valence-corrected chi connectivity index (χ0v) is 8.12. The van der Waals surface area contributed by atoms with E-state index >= 15 is 0 Å². The largest absolute Gasteiger partial charge is 0.377 e. The van der Waals surface area contributed by atoms with Gasteiger partial charge >= 0.3 is 0 Å². The summed E-state index contributed by atoms with van der Waals surface area (Å²) < 4.78 is 5.07. The van der Waals surface area contributed by atoms with Crippen LogP contribution in [-0.4, -0.2) is 25.5 Å². The number of anilines is 1. The molecule has 3 heteroatoms. The second-order valence-electron chi connectivity index (χ2n) is 3.57. The number of rotatable bonds is 3. The molecule has 0 amide bonds. The number of hydrogen-bond acceptors (Lipinski definition) is 3. The molecule has 0 aliphatic carbocycles. The van der Waals surface area contributed by atoms with Crippen molar-refractivity contribution in [2.45, 2.75) is 13.0 Å². The Morgan fingerprint density at radius 2 is 2.29 bits per heavy atom. The number of benzene rings is 1. The molecule has 1 aromatic rings. The molecule has 74 valence electrons. The van der Waals surface area contributed by atoms with Crippen LogP contribution in [0.25, 0.3) is 0 Å². The van der Waals surface area contributed by atoms with Gasteiger partial charge in [-0.2, -0.15) is 0 Å². The Morgan fingerprint density at radius 1 is 1.50 bits per heavy atom. The summed E-state index contributed by atoms with van der Waals surface area (Å²) in [5, 5.41) is 3.34. The van der Waals surface area contributed by atoms with Crippen LogP contribution < -0.4 is 5.32 Å². The molecule has 0 aromatic heterocycles. The lowest BCUT2D eigenvalue weighted by molar-refractivity contribution is 0.0211. The molecule has 14 heavy (non-hydrogen) atoms. The fraction of sp³-hybridized carbons (Fsp3) is 0.364. The van der Waals surface area contributed by atoms with E-state index in [1.807, 2.05) is 25.1 Å². The van der Waals surface area contributed by atoms with Crippen LogP contribution in [0, 0.1) is 6.92 Å². The molecule has 1 fully saturated rings. The lowest BCUT2D eigenvalue weighted by atomic mass is 10.1. The molecule has 1 saturated heterocycles. The number of carbonyl (C=O) groups is 1. The number of ether oxygens (including phenoxy) is 1. The van der Waals surface area contributed by atoms with E-state index in [2.05, 4.69) is 5.32 Å². The molecule has 1 aromatic carbocycles. The second kappa shape index (κ2) is 3.80. The van der Waals surface area contributed by atoms with Crippen LogP contribution in [-0.2, 0) is 4.74 Å². The van der Waals surface area contributed by atoms with Gasteiger partial charge < -0.3 is 10.1 Å². The molecular weight excluding hydrogens is 178 g/mol. The van der Waals surface area contributed by atoms with Crippen LogP contribution in [0.1, 0.15) is 15.9 Å². The Morgan fingerprint density at radius 3 is 2.86 bits per heavy atom. The lowest BCUT2D eigenvalue weighted by Crippen LogP contribution is -2.40. The van der Waals surface area contributed by atoms with Gasteiger partial charge in [-0.15, -0.1) is 0 Å². The van der Waals surface area contributed by atoms with Crippen LogP contribution in [0.2, 0.25) is 0 Å². The highest BCUT2D eigenvalue weighted by Gasteiger charge is 2.18. The van der Waals surface area contributed by atoms with Crippen molar-refractivity contribution in [3.8, 4) is 0 Å². The zero-order chi connectivity index (χ0) is 9.97. The van der Waals surface area contributed by atoms with E-state index in [0.717, 1.165) is 30.8 Å². The average Bonchev–Trinajstić information content (AvgIpc) is 2.14. The fourth-order valence-corrected chi connectivity index (χ4v) is 1.41. The minimum atomic E-state index is 0.399. The summed E-state index contributed by atoms with van der Waals surface area (Å²) in [5.74, 6) is 0. The number of aldehydes is 1. The van der Waals surface area contributed by atoms with Crippen LogP contribution in [0.4, 0.5) is 5.69 Å². The number of carbonyl (C=O) groups excluding carboxylic acids is 1. The van der Waals surface area contributed by atoms with E-state index < -0.39 is 0 Å². The van der Waals surface area contributed by atoms with Gasteiger partial charge in [0, 0.05) is 11.3 Å². The van der Waals surface area contributed by atoms with Gasteiger partial charge in [0.2, 0.25) is 0 Å². The summed E-state index contributed by atoms with van der Waals surface area (Å²) >= 11 is 0. The number of aryl methyl sites for hydroxylation is 1. The third-order valence-electron chi connectivity index (χ3n) is 2.40. The molecular formula is C11H13NO2. The van der Waals surface area contributed by atoms with Crippen LogP contribution in [0.3, 0.4) is 0 Å². The smallest absolute Gasteiger partial charge is 0.150 e. The Bertz CT molecular complexity index is 345. The summed E-state index contributed by atoms with van der Waals surface area (Å²) in [6.45, 7) is 3.53. The first-order valence-corrected chi connectivity index (χ1v) is 4.69. The van der Waals surface area contributed by atoms with Crippen molar-refractivity contribution in [1.82, 2.24) is 0 Å². The lowest BCUT2D eigenvalue weighted by Gasteiger charge is -2.28. The first kappa shape index (κ1) is 9.21. The quantitative estimate of drug-likeness (QED) is 0.738. The normalized spacial score (nSPS) is 16.1. The van der Waals surface area contributed by atoms with Crippen molar-refractivity contribution in [3.63, 3.8) is 0 Å². The molecule has 0 atom stereocenters. The molecule has 0 radical (unpaired) electrons. The third kappa shape index (κ3) is 1.77. The standard InChI is InChI=1S/C11H13NO2/c1-8-2-3-9(5-13)4-11(8)12-10-6-14-7-10/h2-5,10,12H,6-7H2,1H3. The van der Waals surface area contributed by atoms with Crippen molar-refractivity contribution in [2.75, 3.05) is 18.5 Å². The Hall–Kier alpha value is -1.35. The molecule has 0 unspecified atom stereocenters. The summed E-state index contributed by atoms with van der Waals surface area (Å²) in [6.07, 6.45) is 0.863. The van der Waals surface area contributed by atoms with E-state index in [4.69, 9.17) is 4.74 Å². The van der Waals surface area contributed by atoms with Crippen LogP contribution in [0.15, 0.2) is 18.2 Å². The number of hydrogen-bond donors (Lipinski definition) is 1. The average molecular weight is 191 g/mol. The van der Waals surface area contributed by atoms with Gasteiger partial charge in [-0.05, 0) is 18.6 Å². The summed E-state index contributed by atoms with van der Waals surface area (Å²) in [6, 6.07) is 6.05. The highest BCUT2D eigenvalue weighted by Crippen LogP contribution is 2.18. The van der Waals surface area contributed by atoms with Crippen molar-refractivity contribution in [1.29, 1.82) is 0 Å². The maximum absolute atomic E-state index is 10.6. The van der Waals surface area contributed by atoms with Gasteiger partial charge in [0.15, 0.2) is 0 Å². The third-order valence-corrected chi connectivity index (χ3v) is 2.40. The maximum Gasteiger partial charge on any atom is 0.150 e. The van der Waals surface area contributed by atoms with Crippen LogP contribution >= 0.6 is 0 Å². The first-order valence-electron chi connectivity index (χ1n) is 4.69. The van der Waals surface area contributed by atoms with E-state index in [9.17, 15) is 4.79 Å². The van der Waals surface area contributed by atoms with Crippen molar-refractivity contribution >= 4 is 12.0 Å². The van der Waals surface area contributed by atoms with E-state index in [1.54, 1.807) is 0 Å². The molecule has 1 N–H and O–H groups in total. The Kier molecular flexibility index (Phi) is 2.50. The number of nitrogens with one attached hydrogen (secondary N) is 1. The summed E-state index contributed by atoms with van der Waals surface area (Å²) in [7, 11) is 0. The molecule has 0 bridgehead atoms. The highest BCUT2D eigenvalue weighted by atomic mass is 16.5. The van der Waals surface area contributed by atoms with E-state index in [1.165, 1.54) is 0 Å². The predicted molar refractivity (Wildman–Crippen MR) is 54.8 cm³/mol.